The Balaban J connectivity index is 1.59. The van der Waals surface area contributed by atoms with Crippen LogP contribution >= 0.6 is 11.8 Å². The molecule has 0 atom stereocenters. The number of halogens is 3. The number of aromatic amines is 1. The highest BCUT2D eigenvalue weighted by atomic mass is 32.2. The monoisotopic (exact) mass is 475 g/mol. The summed E-state index contributed by atoms with van der Waals surface area (Å²) < 4.78 is 61.1. The molecule has 4 rings (SSSR count). The summed E-state index contributed by atoms with van der Waals surface area (Å²) in [6.45, 7) is 0. The third-order valence-corrected chi connectivity index (χ3v) is 6.26. The van der Waals surface area contributed by atoms with Crippen LogP contribution in [-0.2, 0) is 10.0 Å². The lowest BCUT2D eigenvalue weighted by atomic mass is 10.1. The van der Waals surface area contributed by atoms with Gasteiger partial charge in [-0.25, -0.2) is 18.5 Å². The number of primary sulfonamides is 1. The number of alkyl halides is 3. The van der Waals surface area contributed by atoms with Crippen LogP contribution in [0.1, 0.15) is 11.4 Å². The molecule has 0 amide bonds. The van der Waals surface area contributed by atoms with Crippen molar-refractivity contribution >= 4 is 45.0 Å². The van der Waals surface area contributed by atoms with E-state index in [2.05, 4.69) is 9.97 Å². The summed E-state index contributed by atoms with van der Waals surface area (Å²) in [7, 11) is -3.88. The van der Waals surface area contributed by atoms with Gasteiger partial charge in [0.25, 0.3) is 0 Å². The minimum absolute atomic E-state index is 0.0334. The summed E-state index contributed by atoms with van der Waals surface area (Å²) in [6.07, 6.45) is 3.45. The number of imidazole rings is 1. The number of benzene rings is 3. The molecule has 1 aromatic heterocycles. The maximum absolute atomic E-state index is 12.4. The fraction of sp³-hybridized carbons (Fsp3) is 0.0455. The second kappa shape index (κ2) is 8.45. The first-order valence-corrected chi connectivity index (χ1v) is 11.6. The topological polar surface area (TPSA) is 88.8 Å². The van der Waals surface area contributed by atoms with E-state index in [1.165, 1.54) is 18.2 Å². The summed E-state index contributed by atoms with van der Waals surface area (Å²) in [4.78, 5) is 7.76. The molecule has 0 spiro atoms. The third kappa shape index (κ3) is 5.21. The smallest absolute Gasteiger partial charge is 0.338 e. The Morgan fingerprint density at radius 3 is 2.38 bits per heavy atom. The molecule has 0 aliphatic rings. The van der Waals surface area contributed by atoms with Gasteiger partial charge in [0.2, 0.25) is 10.0 Å². The zero-order chi connectivity index (χ0) is 22.9. The van der Waals surface area contributed by atoms with E-state index >= 15 is 0 Å². The summed E-state index contributed by atoms with van der Waals surface area (Å²) in [6, 6.07) is 17.8. The van der Waals surface area contributed by atoms with E-state index in [1.807, 2.05) is 0 Å². The largest absolute Gasteiger partial charge is 0.446 e. The lowest BCUT2D eigenvalue weighted by Gasteiger charge is -2.07. The van der Waals surface area contributed by atoms with Gasteiger partial charge >= 0.3 is 5.51 Å². The molecule has 0 saturated carbocycles. The summed E-state index contributed by atoms with van der Waals surface area (Å²) in [5, 5.41) is 5.33. The van der Waals surface area contributed by atoms with Gasteiger partial charge in [-0.3, -0.25) is 0 Å². The van der Waals surface area contributed by atoms with Gasteiger partial charge in [-0.2, -0.15) is 13.2 Å². The first-order chi connectivity index (χ1) is 15.1. The Hall–Kier alpha value is -3.08. The molecule has 0 fully saturated rings. The van der Waals surface area contributed by atoms with Crippen LogP contribution in [-0.4, -0.2) is 23.9 Å². The highest BCUT2D eigenvalue weighted by Gasteiger charge is 2.28. The fourth-order valence-corrected chi connectivity index (χ4v) is 4.48. The predicted octanol–water partition coefficient (Wildman–Crippen LogP) is 5.66. The van der Waals surface area contributed by atoms with Crippen molar-refractivity contribution in [1.82, 2.24) is 9.97 Å². The zero-order valence-corrected chi connectivity index (χ0v) is 17.9. The lowest BCUT2D eigenvalue weighted by Crippen LogP contribution is -2.13. The number of thioether (sulfide) groups is 1. The van der Waals surface area contributed by atoms with Crippen molar-refractivity contribution in [3.8, 4) is 11.1 Å². The van der Waals surface area contributed by atoms with Crippen LogP contribution in [0.3, 0.4) is 0 Å². The van der Waals surface area contributed by atoms with Gasteiger partial charge in [-0.1, -0.05) is 42.5 Å². The van der Waals surface area contributed by atoms with Gasteiger partial charge in [0.15, 0.2) is 0 Å². The van der Waals surface area contributed by atoms with Gasteiger partial charge in [0.1, 0.15) is 5.82 Å². The van der Waals surface area contributed by atoms with E-state index in [0.717, 1.165) is 5.56 Å². The molecule has 3 aromatic carbocycles. The number of nitrogens with zero attached hydrogens (tertiary/aromatic N) is 1. The highest BCUT2D eigenvalue weighted by molar-refractivity contribution is 8.00. The Labute approximate surface area is 186 Å². The van der Waals surface area contributed by atoms with Gasteiger partial charge in [0.05, 0.1) is 15.9 Å². The standard InChI is InChI=1S/C22H16F3N3O2S2/c23-22(24,25)31-16-9-5-14(6-10-16)7-12-21-27-18-11-8-15(13-19(18)28-21)17-3-1-2-4-20(17)32(26,29)30/h1-13H,(H,27,28)(H2,26,29,30)/b12-7+. The number of H-pyrrole nitrogens is 1. The number of fused-ring (bicyclic) bond motifs is 1. The molecule has 32 heavy (non-hydrogen) atoms. The second-order valence-corrected chi connectivity index (χ2v) is 9.51. The van der Waals surface area contributed by atoms with E-state index in [0.29, 0.717) is 28.0 Å². The summed E-state index contributed by atoms with van der Waals surface area (Å²) >= 11 is -0.159. The quantitative estimate of drug-likeness (QED) is 0.365. The fourth-order valence-electron chi connectivity index (χ4n) is 3.18. The molecule has 0 aliphatic heterocycles. The maximum atomic E-state index is 12.4. The van der Waals surface area contributed by atoms with Crippen molar-refractivity contribution in [2.24, 2.45) is 5.14 Å². The van der Waals surface area contributed by atoms with Crippen LogP contribution < -0.4 is 5.14 Å². The number of nitrogens with one attached hydrogen (secondary N) is 1. The van der Waals surface area contributed by atoms with Gasteiger partial charge < -0.3 is 4.98 Å². The van der Waals surface area contributed by atoms with Gasteiger partial charge in [-0.15, -0.1) is 0 Å². The van der Waals surface area contributed by atoms with E-state index in [1.54, 1.807) is 60.7 Å². The van der Waals surface area contributed by atoms with Crippen LogP contribution in [0.2, 0.25) is 0 Å². The summed E-state index contributed by atoms with van der Waals surface area (Å²) in [5.74, 6) is 0.547. The molecule has 0 unspecified atom stereocenters. The highest BCUT2D eigenvalue weighted by Crippen LogP contribution is 2.36. The average molecular weight is 476 g/mol. The van der Waals surface area contributed by atoms with E-state index in [4.69, 9.17) is 5.14 Å². The van der Waals surface area contributed by atoms with Crippen LogP contribution in [0.15, 0.2) is 76.5 Å². The molecule has 1 heterocycles. The summed E-state index contributed by atoms with van der Waals surface area (Å²) in [5.41, 5.74) is -1.07. The molecule has 164 valence electrons. The van der Waals surface area contributed by atoms with Crippen LogP contribution in [0.5, 0.6) is 0 Å². The number of aromatic nitrogens is 2. The number of hydrogen-bond acceptors (Lipinski definition) is 4. The number of sulfonamides is 1. The minimum atomic E-state index is -4.32. The van der Waals surface area contributed by atoms with Crippen molar-refractivity contribution < 1.29 is 21.6 Å². The normalized spacial score (nSPS) is 12.6. The van der Waals surface area contributed by atoms with Crippen LogP contribution in [0, 0.1) is 0 Å². The molecular weight excluding hydrogens is 459 g/mol. The van der Waals surface area contributed by atoms with Crippen LogP contribution in [0.25, 0.3) is 34.3 Å². The Morgan fingerprint density at radius 1 is 0.969 bits per heavy atom. The molecule has 0 saturated heterocycles. The SMILES string of the molecule is NS(=O)(=O)c1ccccc1-c1ccc2nc(/C=C/c3ccc(SC(F)(F)F)cc3)[nH]c2c1. The molecule has 0 radical (unpaired) electrons. The van der Waals surface area contributed by atoms with Gasteiger partial charge in [-0.05, 0) is 59.3 Å². The number of hydrogen-bond donors (Lipinski definition) is 2. The van der Waals surface area contributed by atoms with Gasteiger partial charge in [0, 0.05) is 10.5 Å². The van der Waals surface area contributed by atoms with Crippen molar-refractivity contribution in [1.29, 1.82) is 0 Å². The van der Waals surface area contributed by atoms with Crippen LogP contribution in [0.4, 0.5) is 13.2 Å². The second-order valence-electron chi connectivity index (χ2n) is 6.85. The molecule has 0 bridgehead atoms. The maximum Gasteiger partial charge on any atom is 0.446 e. The molecular formula is C22H16F3N3O2S2. The Bertz CT molecular complexity index is 1410. The average Bonchev–Trinajstić information content (AvgIpc) is 3.14. The third-order valence-electron chi connectivity index (χ3n) is 4.55. The zero-order valence-electron chi connectivity index (χ0n) is 16.3. The number of rotatable bonds is 5. The molecule has 3 N–H and O–H groups in total. The minimum Gasteiger partial charge on any atom is -0.338 e. The van der Waals surface area contributed by atoms with Crippen molar-refractivity contribution in [2.45, 2.75) is 15.3 Å². The molecule has 5 nitrogen and oxygen atoms in total. The van der Waals surface area contributed by atoms with E-state index < -0.39 is 15.5 Å². The lowest BCUT2D eigenvalue weighted by molar-refractivity contribution is -0.0328. The first-order valence-electron chi connectivity index (χ1n) is 9.24. The van der Waals surface area contributed by atoms with Crippen molar-refractivity contribution in [2.75, 3.05) is 0 Å². The van der Waals surface area contributed by atoms with E-state index in [-0.39, 0.29) is 21.6 Å². The molecule has 10 heteroatoms. The van der Waals surface area contributed by atoms with E-state index in [9.17, 15) is 21.6 Å². The molecule has 0 aliphatic carbocycles. The first kappa shape index (κ1) is 22.1. The number of nitrogens with two attached hydrogens (primary N) is 1. The van der Waals surface area contributed by atoms with Crippen molar-refractivity contribution in [3.05, 3.63) is 78.1 Å². The molecule has 4 aromatic rings. The van der Waals surface area contributed by atoms with Crippen molar-refractivity contribution in [3.63, 3.8) is 0 Å². The Kier molecular flexibility index (Phi) is 5.85. The predicted molar refractivity (Wildman–Crippen MR) is 120 cm³/mol. The Morgan fingerprint density at radius 2 is 1.69 bits per heavy atom.